The number of hydrogen-bond acceptors (Lipinski definition) is 3. The second-order valence-electron chi connectivity index (χ2n) is 10.0. The van der Waals surface area contributed by atoms with E-state index in [1.807, 2.05) is 6.08 Å². The van der Waals surface area contributed by atoms with Gasteiger partial charge in [-0.05, 0) is 81.3 Å². The molecule has 0 aromatic rings. The second kappa shape index (κ2) is 11.3. The Kier molecular flexibility index (Phi) is 9.01. The van der Waals surface area contributed by atoms with Gasteiger partial charge in [0.1, 0.15) is 5.76 Å². The molecule has 0 bridgehead atoms. The van der Waals surface area contributed by atoms with E-state index in [1.165, 1.54) is 31.3 Å². The highest BCUT2D eigenvalue weighted by Crippen LogP contribution is 2.46. The van der Waals surface area contributed by atoms with E-state index in [0.29, 0.717) is 24.5 Å². The fourth-order valence-corrected chi connectivity index (χ4v) is 5.99. The van der Waals surface area contributed by atoms with Gasteiger partial charge in [0, 0.05) is 12.8 Å². The molecule has 0 aromatic carbocycles. The Balaban J connectivity index is 1.53. The Morgan fingerprint density at radius 2 is 1.74 bits per heavy atom. The Hall–Kier alpha value is -0.910. The molecule has 0 spiro atoms. The van der Waals surface area contributed by atoms with Gasteiger partial charge in [0.05, 0.1) is 23.2 Å². The third-order valence-corrected chi connectivity index (χ3v) is 8.80. The van der Waals surface area contributed by atoms with Crippen LogP contribution < -0.4 is 0 Å². The van der Waals surface area contributed by atoms with Gasteiger partial charge >= 0.3 is 0 Å². The monoisotopic (exact) mass is 450 g/mol. The first kappa shape index (κ1) is 24.7. The third-order valence-electron chi connectivity index (χ3n) is 7.80. The molecule has 0 heterocycles. The second-order valence-corrected chi connectivity index (χ2v) is 11.3. The predicted molar refractivity (Wildman–Crippen MR) is 128 cm³/mol. The van der Waals surface area contributed by atoms with Crippen LogP contribution in [0.5, 0.6) is 0 Å². The Morgan fingerprint density at radius 3 is 2.26 bits per heavy atom. The van der Waals surface area contributed by atoms with Gasteiger partial charge < -0.3 is 14.0 Å². The summed E-state index contributed by atoms with van der Waals surface area (Å²) >= 11 is -1.73. The van der Waals surface area contributed by atoms with Crippen molar-refractivity contribution in [2.24, 2.45) is 11.3 Å². The maximum atomic E-state index is 11.2. The smallest absolute Gasteiger partial charge is 0.156 e. The maximum Gasteiger partial charge on any atom is 0.156 e. The first-order chi connectivity index (χ1) is 14.8. The highest BCUT2D eigenvalue weighted by atomic mass is 32.2. The molecular weight excluding hydrogens is 408 g/mol. The van der Waals surface area contributed by atoms with Crippen LogP contribution in [0.15, 0.2) is 35.3 Å². The van der Waals surface area contributed by atoms with E-state index in [4.69, 9.17) is 9.47 Å². The van der Waals surface area contributed by atoms with Crippen LogP contribution in [0.25, 0.3) is 0 Å². The minimum Gasteiger partial charge on any atom is -0.466 e. The lowest BCUT2D eigenvalue weighted by molar-refractivity contribution is -0.0460. The molecule has 3 aliphatic carbocycles. The van der Waals surface area contributed by atoms with Crippen molar-refractivity contribution in [3.8, 4) is 0 Å². The van der Waals surface area contributed by atoms with E-state index in [1.54, 1.807) is 0 Å². The number of allylic oxidation sites excluding steroid dienone is 6. The minimum atomic E-state index is -1.73. The van der Waals surface area contributed by atoms with Crippen LogP contribution in [0.2, 0.25) is 0 Å². The summed E-state index contributed by atoms with van der Waals surface area (Å²) < 4.78 is 32.9. The normalized spacial score (nSPS) is 28.6. The van der Waals surface area contributed by atoms with Crippen molar-refractivity contribution in [3.63, 3.8) is 0 Å². The largest absolute Gasteiger partial charge is 0.466 e. The van der Waals surface area contributed by atoms with Gasteiger partial charge in [0.2, 0.25) is 0 Å². The third kappa shape index (κ3) is 6.55. The van der Waals surface area contributed by atoms with Gasteiger partial charge in [-0.3, -0.25) is 0 Å². The molecule has 3 aliphatic rings. The highest BCUT2D eigenvalue weighted by Gasteiger charge is 2.36. The summed E-state index contributed by atoms with van der Waals surface area (Å²) in [6.07, 6.45) is 18.5. The molecule has 0 radical (unpaired) electrons. The maximum absolute atomic E-state index is 11.2. The summed E-state index contributed by atoms with van der Waals surface area (Å²) in [5, 5.41) is -0.143. The number of rotatable bonds is 9. The molecule has 0 aliphatic heterocycles. The van der Waals surface area contributed by atoms with Crippen molar-refractivity contribution in [2.45, 2.75) is 116 Å². The zero-order valence-electron chi connectivity index (χ0n) is 19.9. The standard InChI is InChI=1S/C26H42O4S/c1-5-21(6-2)29-22-11-7-19(8-12-22)26(3,4)20-9-13-23(14-10-20)30-24-15-17-25(18-16-24)31(27)28/h9,13,15,19,21-22,25H,5-8,10-12,14,16-18H2,1-4H3,(H,27,28). The Morgan fingerprint density at radius 1 is 1.03 bits per heavy atom. The average Bonchev–Trinajstić information content (AvgIpc) is 2.78. The summed E-state index contributed by atoms with van der Waals surface area (Å²) in [6, 6.07) is 0. The molecule has 176 valence electrons. The van der Waals surface area contributed by atoms with Crippen LogP contribution in [0, 0.1) is 11.3 Å². The van der Waals surface area contributed by atoms with Crippen molar-refractivity contribution >= 4 is 11.1 Å². The SMILES string of the molecule is CCC(CC)OC1CCC(C(C)(C)C2=CC=C(OC3=CCC(S(=O)O)CC3)CC2)CC1. The first-order valence-corrected chi connectivity index (χ1v) is 13.5. The summed E-state index contributed by atoms with van der Waals surface area (Å²) in [4.78, 5) is 0. The summed E-state index contributed by atoms with van der Waals surface area (Å²) in [5.41, 5.74) is 1.75. The highest BCUT2D eigenvalue weighted by molar-refractivity contribution is 7.79. The van der Waals surface area contributed by atoms with Gasteiger partial charge in [0.25, 0.3) is 0 Å². The van der Waals surface area contributed by atoms with Crippen molar-refractivity contribution in [1.82, 2.24) is 0 Å². The molecule has 1 N–H and O–H groups in total. The van der Waals surface area contributed by atoms with Crippen molar-refractivity contribution in [2.75, 3.05) is 0 Å². The van der Waals surface area contributed by atoms with Crippen LogP contribution in [0.3, 0.4) is 0 Å². The Labute approximate surface area is 191 Å². The minimum absolute atomic E-state index is 0.143. The molecule has 0 saturated heterocycles. The topological polar surface area (TPSA) is 55.8 Å². The lowest BCUT2D eigenvalue weighted by Gasteiger charge is -2.42. The zero-order chi connectivity index (χ0) is 22.4. The zero-order valence-corrected chi connectivity index (χ0v) is 20.7. The van der Waals surface area contributed by atoms with Crippen molar-refractivity contribution < 1.29 is 18.2 Å². The van der Waals surface area contributed by atoms with Crippen LogP contribution >= 0.6 is 0 Å². The van der Waals surface area contributed by atoms with E-state index in [9.17, 15) is 8.76 Å². The van der Waals surface area contributed by atoms with Gasteiger partial charge in [-0.25, -0.2) is 4.21 Å². The van der Waals surface area contributed by atoms with E-state index < -0.39 is 11.1 Å². The molecule has 0 aromatic heterocycles. The van der Waals surface area contributed by atoms with Crippen LogP contribution in [0.4, 0.5) is 0 Å². The van der Waals surface area contributed by atoms with E-state index in [2.05, 4.69) is 39.8 Å². The average molecular weight is 451 g/mol. The van der Waals surface area contributed by atoms with E-state index in [-0.39, 0.29) is 10.7 Å². The van der Waals surface area contributed by atoms with Crippen molar-refractivity contribution in [1.29, 1.82) is 0 Å². The van der Waals surface area contributed by atoms with Gasteiger partial charge in [-0.15, -0.1) is 0 Å². The number of hydrogen-bond donors (Lipinski definition) is 1. The predicted octanol–water partition coefficient (Wildman–Crippen LogP) is 7.06. The van der Waals surface area contributed by atoms with Crippen LogP contribution in [0.1, 0.15) is 98.3 Å². The fraction of sp³-hybridized carbons (Fsp3) is 0.769. The molecular formula is C26H42O4S. The van der Waals surface area contributed by atoms with Gasteiger partial charge in [-0.2, -0.15) is 0 Å². The lowest BCUT2D eigenvalue weighted by Crippen LogP contribution is -2.34. The fourth-order valence-electron chi connectivity index (χ4n) is 5.41. The Bertz CT molecular complexity index is 709. The lowest BCUT2D eigenvalue weighted by atomic mass is 9.65. The van der Waals surface area contributed by atoms with E-state index in [0.717, 1.165) is 50.0 Å². The number of ether oxygens (including phenoxy) is 2. The molecule has 0 amide bonds. The molecule has 2 atom stereocenters. The quantitative estimate of drug-likeness (QED) is 0.382. The van der Waals surface area contributed by atoms with Gasteiger partial charge in [0.15, 0.2) is 11.1 Å². The van der Waals surface area contributed by atoms with Crippen LogP contribution in [-0.2, 0) is 20.6 Å². The molecule has 1 saturated carbocycles. The molecule has 31 heavy (non-hydrogen) atoms. The first-order valence-electron chi connectivity index (χ1n) is 12.4. The van der Waals surface area contributed by atoms with Crippen molar-refractivity contribution in [3.05, 3.63) is 35.3 Å². The molecule has 4 nitrogen and oxygen atoms in total. The van der Waals surface area contributed by atoms with Gasteiger partial charge in [-0.1, -0.05) is 39.3 Å². The summed E-state index contributed by atoms with van der Waals surface area (Å²) in [5.74, 6) is 2.70. The molecule has 1 fully saturated rings. The molecule has 2 unspecified atom stereocenters. The summed E-state index contributed by atoms with van der Waals surface area (Å²) in [6.45, 7) is 9.29. The van der Waals surface area contributed by atoms with Crippen LogP contribution in [-0.4, -0.2) is 26.2 Å². The van der Waals surface area contributed by atoms with E-state index >= 15 is 0 Å². The molecule has 3 rings (SSSR count). The molecule has 5 heteroatoms. The summed E-state index contributed by atoms with van der Waals surface area (Å²) in [7, 11) is 0.